The highest BCUT2D eigenvalue weighted by atomic mass is 35.5. The number of imidazole rings is 1. The van der Waals surface area contributed by atoms with E-state index in [1.807, 2.05) is 42.0 Å². The van der Waals surface area contributed by atoms with E-state index in [1.165, 1.54) is 0 Å². The van der Waals surface area contributed by atoms with Crippen LogP contribution in [0.1, 0.15) is 34.5 Å². The third-order valence-corrected chi connectivity index (χ3v) is 3.98. The summed E-state index contributed by atoms with van der Waals surface area (Å²) in [6, 6.07) is 14.5. The topological polar surface area (TPSA) is 96.8 Å². The number of carbonyl (C=O) groups is 1. The van der Waals surface area contributed by atoms with Gasteiger partial charge in [0.1, 0.15) is 5.84 Å². The summed E-state index contributed by atoms with van der Waals surface area (Å²) in [5.41, 5.74) is 8.50. The van der Waals surface area contributed by atoms with E-state index in [-0.39, 0.29) is 30.2 Å². The Labute approximate surface area is 158 Å². The minimum Gasteiger partial charge on any atom is -0.384 e. The average molecular weight is 370 g/mol. The molecular formula is C19H20ClN5O. The summed E-state index contributed by atoms with van der Waals surface area (Å²) in [6.45, 7) is 1.93. The number of hydrogen-bond donors (Lipinski definition) is 3. The molecule has 26 heavy (non-hydrogen) atoms. The first kappa shape index (κ1) is 19.2. The molecule has 0 saturated carbocycles. The van der Waals surface area contributed by atoms with E-state index < -0.39 is 0 Å². The van der Waals surface area contributed by atoms with Gasteiger partial charge in [0.05, 0.1) is 12.4 Å². The lowest BCUT2D eigenvalue weighted by atomic mass is 10.1. The molecule has 0 aliphatic rings. The van der Waals surface area contributed by atoms with Crippen molar-refractivity contribution in [3.05, 3.63) is 83.9 Å². The summed E-state index contributed by atoms with van der Waals surface area (Å²) >= 11 is 0. The van der Waals surface area contributed by atoms with Crippen LogP contribution >= 0.6 is 12.4 Å². The van der Waals surface area contributed by atoms with Gasteiger partial charge in [-0.05, 0) is 36.8 Å². The maximum atomic E-state index is 12.4. The first-order chi connectivity index (χ1) is 12.0. The number of carbonyl (C=O) groups excluding carboxylic acids is 1. The third kappa shape index (κ3) is 4.29. The number of nitrogen functional groups attached to an aromatic ring is 1. The van der Waals surface area contributed by atoms with Crippen molar-refractivity contribution in [1.82, 2.24) is 14.9 Å². The summed E-state index contributed by atoms with van der Waals surface area (Å²) in [5.74, 6) is -0.257. The molecule has 6 nitrogen and oxygen atoms in total. The van der Waals surface area contributed by atoms with Crippen molar-refractivity contribution in [3.8, 4) is 5.69 Å². The second-order valence-corrected chi connectivity index (χ2v) is 5.75. The zero-order valence-corrected chi connectivity index (χ0v) is 15.0. The van der Waals surface area contributed by atoms with Crippen LogP contribution < -0.4 is 11.1 Å². The van der Waals surface area contributed by atoms with Gasteiger partial charge in [-0.1, -0.05) is 24.3 Å². The molecule has 0 bridgehead atoms. The Morgan fingerprint density at radius 1 is 1.19 bits per heavy atom. The van der Waals surface area contributed by atoms with Crippen LogP contribution in [0.2, 0.25) is 0 Å². The lowest BCUT2D eigenvalue weighted by molar-refractivity contribution is 0.0940. The maximum absolute atomic E-state index is 12.4. The molecule has 0 spiro atoms. The molecule has 3 aromatic rings. The number of benzene rings is 2. The molecule has 1 unspecified atom stereocenters. The fourth-order valence-corrected chi connectivity index (χ4v) is 2.54. The van der Waals surface area contributed by atoms with E-state index in [1.54, 1.807) is 36.8 Å². The molecular weight excluding hydrogens is 350 g/mol. The predicted octanol–water partition coefficient (Wildman–Crippen LogP) is 3.07. The summed E-state index contributed by atoms with van der Waals surface area (Å²) in [6.07, 6.45) is 5.34. The number of halogens is 1. The number of aromatic nitrogens is 2. The molecule has 1 amide bonds. The molecule has 0 radical (unpaired) electrons. The Balaban J connectivity index is 0.00000243. The van der Waals surface area contributed by atoms with E-state index >= 15 is 0 Å². The molecule has 3 rings (SSSR count). The third-order valence-electron chi connectivity index (χ3n) is 3.98. The van der Waals surface area contributed by atoms with Crippen LogP contribution in [0.3, 0.4) is 0 Å². The maximum Gasteiger partial charge on any atom is 0.251 e. The van der Waals surface area contributed by atoms with Gasteiger partial charge in [-0.25, -0.2) is 4.98 Å². The molecule has 7 heteroatoms. The number of amides is 1. The van der Waals surface area contributed by atoms with Crippen LogP contribution in [0.15, 0.2) is 67.3 Å². The van der Waals surface area contributed by atoms with Gasteiger partial charge in [0, 0.05) is 29.2 Å². The minimum atomic E-state index is -0.200. The summed E-state index contributed by atoms with van der Waals surface area (Å²) in [4.78, 5) is 16.5. The molecule has 2 aromatic carbocycles. The lowest BCUT2D eigenvalue weighted by Crippen LogP contribution is -2.27. The van der Waals surface area contributed by atoms with E-state index in [0.29, 0.717) is 11.1 Å². The second kappa shape index (κ2) is 8.31. The highest BCUT2D eigenvalue weighted by Crippen LogP contribution is 2.16. The van der Waals surface area contributed by atoms with E-state index in [9.17, 15) is 4.79 Å². The first-order valence-electron chi connectivity index (χ1n) is 7.88. The van der Waals surface area contributed by atoms with Gasteiger partial charge in [-0.3, -0.25) is 10.2 Å². The normalized spacial score (nSPS) is 11.3. The SMILES string of the molecule is CC(NC(=O)c1cccc(C(=N)N)c1)c1ccc(-n2ccnc2)cc1.Cl. The first-order valence-corrected chi connectivity index (χ1v) is 7.88. The van der Waals surface area contributed by atoms with Crippen molar-refractivity contribution in [2.45, 2.75) is 13.0 Å². The van der Waals surface area contributed by atoms with Gasteiger partial charge < -0.3 is 15.6 Å². The number of rotatable bonds is 5. The molecule has 0 saturated heterocycles. The largest absolute Gasteiger partial charge is 0.384 e. The number of nitrogens with zero attached hydrogens (tertiary/aromatic N) is 2. The highest BCUT2D eigenvalue weighted by Gasteiger charge is 2.12. The highest BCUT2D eigenvalue weighted by molar-refractivity contribution is 6.00. The van der Waals surface area contributed by atoms with Crippen molar-refractivity contribution < 1.29 is 4.79 Å². The van der Waals surface area contributed by atoms with Crippen LogP contribution in [-0.4, -0.2) is 21.3 Å². The fourth-order valence-electron chi connectivity index (χ4n) is 2.54. The number of nitrogens with two attached hydrogens (primary N) is 1. The molecule has 4 N–H and O–H groups in total. The van der Waals surface area contributed by atoms with Crippen molar-refractivity contribution in [2.75, 3.05) is 0 Å². The zero-order valence-electron chi connectivity index (χ0n) is 14.2. The van der Waals surface area contributed by atoms with Crippen molar-refractivity contribution in [2.24, 2.45) is 5.73 Å². The van der Waals surface area contributed by atoms with Crippen LogP contribution in [0, 0.1) is 5.41 Å². The Hall–Kier alpha value is -3.12. The Morgan fingerprint density at radius 3 is 2.50 bits per heavy atom. The molecule has 0 fully saturated rings. The Morgan fingerprint density at radius 2 is 1.88 bits per heavy atom. The van der Waals surface area contributed by atoms with Gasteiger partial charge in [0.25, 0.3) is 5.91 Å². The quantitative estimate of drug-likeness (QED) is 0.476. The summed E-state index contributed by atoms with van der Waals surface area (Å²) < 4.78 is 1.92. The fraction of sp³-hybridized carbons (Fsp3) is 0.105. The van der Waals surface area contributed by atoms with Crippen molar-refractivity contribution in [1.29, 1.82) is 5.41 Å². The van der Waals surface area contributed by atoms with Gasteiger partial charge in [-0.2, -0.15) is 0 Å². The average Bonchev–Trinajstić information content (AvgIpc) is 3.16. The van der Waals surface area contributed by atoms with Crippen LogP contribution in [0.4, 0.5) is 0 Å². The molecule has 134 valence electrons. The van der Waals surface area contributed by atoms with E-state index in [2.05, 4.69) is 10.3 Å². The van der Waals surface area contributed by atoms with E-state index in [0.717, 1.165) is 11.3 Å². The standard InChI is InChI=1S/C19H19N5O.ClH/c1-13(14-5-7-17(8-6-14)24-10-9-22-12-24)23-19(25)16-4-2-3-15(11-16)18(20)21;/h2-13H,1H3,(H3,20,21)(H,23,25);1H. The van der Waals surface area contributed by atoms with Crippen LogP contribution in [0.25, 0.3) is 5.69 Å². The monoisotopic (exact) mass is 369 g/mol. The molecule has 1 aromatic heterocycles. The number of hydrogen-bond acceptors (Lipinski definition) is 3. The van der Waals surface area contributed by atoms with Gasteiger partial charge in [0.15, 0.2) is 0 Å². The van der Waals surface area contributed by atoms with Crippen molar-refractivity contribution >= 4 is 24.1 Å². The molecule has 1 atom stereocenters. The van der Waals surface area contributed by atoms with Crippen LogP contribution in [-0.2, 0) is 0 Å². The Bertz CT molecular complexity index is 891. The van der Waals surface area contributed by atoms with Gasteiger partial charge >= 0.3 is 0 Å². The van der Waals surface area contributed by atoms with Gasteiger partial charge in [0.2, 0.25) is 0 Å². The Kier molecular flexibility index (Phi) is 6.14. The van der Waals surface area contributed by atoms with Crippen molar-refractivity contribution in [3.63, 3.8) is 0 Å². The predicted molar refractivity (Wildman–Crippen MR) is 104 cm³/mol. The second-order valence-electron chi connectivity index (χ2n) is 5.75. The summed E-state index contributed by atoms with van der Waals surface area (Å²) in [7, 11) is 0. The summed E-state index contributed by atoms with van der Waals surface area (Å²) in [5, 5.41) is 10.4. The molecule has 0 aliphatic heterocycles. The number of nitrogens with one attached hydrogen (secondary N) is 2. The smallest absolute Gasteiger partial charge is 0.251 e. The number of amidine groups is 1. The minimum absolute atomic E-state index is 0. The van der Waals surface area contributed by atoms with E-state index in [4.69, 9.17) is 11.1 Å². The van der Waals surface area contributed by atoms with Crippen LogP contribution in [0.5, 0.6) is 0 Å². The zero-order chi connectivity index (χ0) is 17.8. The molecule has 0 aliphatic carbocycles. The molecule has 1 heterocycles. The lowest BCUT2D eigenvalue weighted by Gasteiger charge is -2.15. The van der Waals surface area contributed by atoms with Gasteiger partial charge in [-0.15, -0.1) is 12.4 Å².